The van der Waals surface area contributed by atoms with Gasteiger partial charge in [-0.1, -0.05) is 6.07 Å². The van der Waals surface area contributed by atoms with Crippen LogP contribution in [-0.4, -0.2) is 35.5 Å². The quantitative estimate of drug-likeness (QED) is 0.579. The van der Waals surface area contributed by atoms with Gasteiger partial charge in [0.15, 0.2) is 23.0 Å². The summed E-state index contributed by atoms with van der Waals surface area (Å²) in [6.45, 7) is 0. The molecule has 0 heterocycles. The van der Waals surface area contributed by atoms with Gasteiger partial charge < -0.3 is 23.7 Å². The van der Waals surface area contributed by atoms with Crippen molar-refractivity contribution in [2.75, 3.05) is 35.5 Å². The molecule has 0 aliphatic carbocycles. The molecule has 0 bridgehead atoms. The van der Waals surface area contributed by atoms with Gasteiger partial charge in [0, 0.05) is 11.1 Å². The SMILES string of the molecule is COc1ccc(-c2c(-c3cc(OC)c(OC)c(OC)c3)c(=O)c2=O)cc1OC. The normalized spacial score (nSPS) is 10.6. The van der Waals surface area contributed by atoms with Crippen LogP contribution in [-0.2, 0) is 0 Å². The number of rotatable bonds is 7. The lowest BCUT2D eigenvalue weighted by Gasteiger charge is -2.17. The molecule has 3 aromatic carbocycles. The highest BCUT2D eigenvalue weighted by atomic mass is 16.5. The van der Waals surface area contributed by atoms with Gasteiger partial charge in [-0.15, -0.1) is 0 Å². The highest BCUT2D eigenvalue weighted by Crippen LogP contribution is 2.43. The first kappa shape index (κ1) is 19.3. The largest absolute Gasteiger partial charge is 0.493 e. The third kappa shape index (κ3) is 2.94. The van der Waals surface area contributed by atoms with Gasteiger partial charge in [-0.05, 0) is 35.4 Å². The Bertz CT molecular complexity index is 1070. The van der Waals surface area contributed by atoms with Gasteiger partial charge in [0.05, 0.1) is 35.5 Å². The van der Waals surface area contributed by atoms with Crippen molar-refractivity contribution in [1.82, 2.24) is 0 Å². The maximum absolute atomic E-state index is 12.4. The Kier molecular flexibility index (Phi) is 5.26. The zero-order valence-corrected chi connectivity index (χ0v) is 16.2. The molecule has 0 atom stereocenters. The van der Waals surface area contributed by atoms with E-state index in [1.807, 2.05) is 0 Å². The second kappa shape index (κ2) is 7.64. The number of ether oxygens (including phenoxy) is 5. The predicted octanol–water partition coefficient (Wildman–Crippen LogP) is 2.66. The number of benzene rings is 2. The molecule has 7 heteroatoms. The Morgan fingerprint density at radius 1 is 0.536 bits per heavy atom. The van der Waals surface area contributed by atoms with Crippen LogP contribution < -0.4 is 34.5 Å². The molecule has 0 saturated heterocycles. The zero-order valence-electron chi connectivity index (χ0n) is 16.2. The van der Waals surface area contributed by atoms with E-state index in [-0.39, 0.29) is 5.56 Å². The smallest absolute Gasteiger partial charge is 0.234 e. The second-order valence-corrected chi connectivity index (χ2v) is 5.89. The van der Waals surface area contributed by atoms with Crippen LogP contribution in [0.5, 0.6) is 28.7 Å². The van der Waals surface area contributed by atoms with Gasteiger partial charge in [0.2, 0.25) is 16.6 Å². The van der Waals surface area contributed by atoms with Crippen molar-refractivity contribution in [3.05, 3.63) is 50.8 Å². The second-order valence-electron chi connectivity index (χ2n) is 5.89. The van der Waals surface area contributed by atoms with E-state index >= 15 is 0 Å². The first-order valence-corrected chi connectivity index (χ1v) is 8.36. The summed E-state index contributed by atoms with van der Waals surface area (Å²) in [7, 11) is 7.49. The Balaban J connectivity index is 2.21. The van der Waals surface area contributed by atoms with Gasteiger partial charge in [0.25, 0.3) is 0 Å². The van der Waals surface area contributed by atoms with Crippen molar-refractivity contribution >= 4 is 0 Å². The fraction of sp³-hybridized carbons (Fsp3) is 0.238. The maximum Gasteiger partial charge on any atom is 0.234 e. The third-order valence-corrected chi connectivity index (χ3v) is 4.54. The van der Waals surface area contributed by atoms with E-state index in [0.717, 1.165) is 0 Å². The Labute approximate surface area is 161 Å². The van der Waals surface area contributed by atoms with E-state index in [2.05, 4.69) is 0 Å². The summed E-state index contributed by atoms with van der Waals surface area (Å²) in [5, 5.41) is 0. The van der Waals surface area contributed by atoms with Crippen LogP contribution >= 0.6 is 0 Å². The zero-order chi connectivity index (χ0) is 20.4. The molecule has 0 fully saturated rings. The molecule has 0 aliphatic rings. The van der Waals surface area contributed by atoms with Crippen molar-refractivity contribution < 1.29 is 23.7 Å². The number of hydrogen-bond acceptors (Lipinski definition) is 7. The molecule has 0 aromatic heterocycles. The lowest BCUT2D eigenvalue weighted by atomic mass is 9.89. The Morgan fingerprint density at radius 2 is 1.00 bits per heavy atom. The van der Waals surface area contributed by atoms with Crippen LogP contribution in [0.25, 0.3) is 22.3 Å². The summed E-state index contributed by atoms with van der Waals surface area (Å²) in [6, 6.07) is 8.34. The van der Waals surface area contributed by atoms with Crippen molar-refractivity contribution in [1.29, 1.82) is 0 Å². The molecule has 0 radical (unpaired) electrons. The Hall–Kier alpha value is -3.48. The molecule has 0 saturated carbocycles. The topological polar surface area (TPSA) is 80.3 Å². The van der Waals surface area contributed by atoms with E-state index in [1.54, 1.807) is 30.3 Å². The summed E-state index contributed by atoms with van der Waals surface area (Å²) >= 11 is 0. The van der Waals surface area contributed by atoms with Gasteiger partial charge in [-0.2, -0.15) is 0 Å². The highest BCUT2D eigenvalue weighted by Gasteiger charge is 2.26. The minimum atomic E-state index is -0.570. The summed E-state index contributed by atoms with van der Waals surface area (Å²) in [6.07, 6.45) is 0. The molecule has 3 rings (SSSR count). The van der Waals surface area contributed by atoms with E-state index in [0.29, 0.717) is 45.4 Å². The molecule has 3 aromatic rings. The van der Waals surface area contributed by atoms with Gasteiger partial charge in [0.1, 0.15) is 0 Å². The van der Waals surface area contributed by atoms with Gasteiger partial charge in [-0.3, -0.25) is 9.59 Å². The number of hydrogen-bond donors (Lipinski definition) is 0. The van der Waals surface area contributed by atoms with Gasteiger partial charge >= 0.3 is 0 Å². The van der Waals surface area contributed by atoms with Crippen molar-refractivity contribution in [3.8, 4) is 51.0 Å². The van der Waals surface area contributed by atoms with Crippen LogP contribution in [0, 0.1) is 0 Å². The van der Waals surface area contributed by atoms with Crippen molar-refractivity contribution in [2.45, 2.75) is 0 Å². The van der Waals surface area contributed by atoms with Crippen LogP contribution in [0.2, 0.25) is 0 Å². The van der Waals surface area contributed by atoms with E-state index < -0.39 is 10.9 Å². The summed E-state index contributed by atoms with van der Waals surface area (Å²) < 4.78 is 26.5. The number of methoxy groups -OCH3 is 5. The minimum Gasteiger partial charge on any atom is -0.493 e. The molecule has 28 heavy (non-hydrogen) atoms. The van der Waals surface area contributed by atoms with E-state index in [1.165, 1.54) is 35.5 Å². The lowest BCUT2D eigenvalue weighted by molar-refractivity contribution is 0.324. The summed E-state index contributed by atoms with van der Waals surface area (Å²) in [5.74, 6) is 2.18. The maximum atomic E-state index is 12.4. The lowest BCUT2D eigenvalue weighted by Crippen LogP contribution is -2.35. The highest BCUT2D eigenvalue weighted by molar-refractivity contribution is 5.89. The molecular formula is C21H20O7. The average molecular weight is 384 g/mol. The summed E-state index contributed by atoms with van der Waals surface area (Å²) in [5.41, 5.74) is 0.529. The third-order valence-electron chi connectivity index (χ3n) is 4.54. The molecule has 0 unspecified atom stereocenters. The monoisotopic (exact) mass is 384 g/mol. The Morgan fingerprint density at radius 3 is 1.46 bits per heavy atom. The molecule has 146 valence electrons. The molecular weight excluding hydrogens is 364 g/mol. The van der Waals surface area contributed by atoms with Crippen LogP contribution in [0.1, 0.15) is 0 Å². The molecule has 0 spiro atoms. The standard InChI is InChI=1S/C21H20O7/c1-24-13-7-6-11(8-14(13)25-2)17-18(20(23)19(17)22)12-9-15(26-3)21(28-5)16(10-12)27-4/h6-10H,1-5H3. The van der Waals surface area contributed by atoms with Crippen LogP contribution in [0.3, 0.4) is 0 Å². The fourth-order valence-corrected chi connectivity index (χ4v) is 3.16. The fourth-order valence-electron chi connectivity index (χ4n) is 3.16. The molecule has 7 nitrogen and oxygen atoms in total. The minimum absolute atomic E-state index is 0.288. The molecule has 0 N–H and O–H groups in total. The van der Waals surface area contributed by atoms with E-state index in [9.17, 15) is 9.59 Å². The first-order valence-electron chi connectivity index (χ1n) is 8.36. The van der Waals surface area contributed by atoms with Gasteiger partial charge in [-0.25, -0.2) is 0 Å². The van der Waals surface area contributed by atoms with Crippen LogP contribution in [0.15, 0.2) is 39.9 Å². The van der Waals surface area contributed by atoms with E-state index in [4.69, 9.17) is 23.7 Å². The first-order chi connectivity index (χ1) is 13.5. The molecule has 0 amide bonds. The van der Waals surface area contributed by atoms with Crippen LogP contribution in [0.4, 0.5) is 0 Å². The average Bonchev–Trinajstić information content (AvgIpc) is 2.74. The van der Waals surface area contributed by atoms with Crippen molar-refractivity contribution in [3.63, 3.8) is 0 Å². The summed E-state index contributed by atoms with van der Waals surface area (Å²) in [4.78, 5) is 24.8. The predicted molar refractivity (Wildman–Crippen MR) is 105 cm³/mol. The molecule has 0 aliphatic heterocycles. The van der Waals surface area contributed by atoms with Crippen molar-refractivity contribution in [2.24, 2.45) is 0 Å².